The lowest BCUT2D eigenvalue weighted by Gasteiger charge is -2.26. The van der Waals surface area contributed by atoms with Gasteiger partial charge in [-0.3, -0.25) is 24.3 Å². The molecular weight excluding hydrogens is 667 g/mol. The molecule has 1 atom stereocenters. The highest BCUT2D eigenvalue weighted by Crippen LogP contribution is 2.36. The monoisotopic (exact) mass is 695 g/mol. The number of carbonyl (C=O) groups excluding carboxylic acids is 1. The van der Waals surface area contributed by atoms with Gasteiger partial charge in [0.25, 0.3) is 16.8 Å². The number of hydrogen-bond donors (Lipinski definition) is 1. The van der Waals surface area contributed by atoms with Crippen LogP contribution in [-0.4, -0.2) is 38.6 Å². The second-order valence-corrected chi connectivity index (χ2v) is 12.8. The van der Waals surface area contributed by atoms with Gasteiger partial charge >= 0.3 is 5.97 Å². The van der Waals surface area contributed by atoms with Crippen molar-refractivity contribution in [2.75, 3.05) is 13.2 Å². The number of nitro benzene ring substituents is 1. The third kappa shape index (κ3) is 7.00. The maximum absolute atomic E-state index is 14.2. The van der Waals surface area contributed by atoms with Crippen LogP contribution in [-0.2, 0) is 9.53 Å². The van der Waals surface area contributed by atoms with Crippen LogP contribution >= 0.6 is 23.1 Å². The second kappa shape index (κ2) is 14.3. The maximum Gasteiger partial charge on any atom is 0.338 e. The summed E-state index contributed by atoms with van der Waals surface area (Å²) in [6.45, 7) is 5.84. The van der Waals surface area contributed by atoms with E-state index in [1.807, 2.05) is 37.3 Å². The van der Waals surface area contributed by atoms with Crippen molar-refractivity contribution in [1.29, 1.82) is 0 Å². The van der Waals surface area contributed by atoms with Gasteiger partial charge in [0.05, 0.1) is 44.9 Å². The number of aryl methyl sites for hydroxylation is 1. The molecule has 49 heavy (non-hydrogen) atoms. The molecule has 0 saturated heterocycles. The Morgan fingerprint density at radius 1 is 1.06 bits per heavy atom. The van der Waals surface area contributed by atoms with Gasteiger partial charge in [-0.25, -0.2) is 14.8 Å². The molecule has 12 nitrogen and oxygen atoms in total. The zero-order valence-electron chi connectivity index (χ0n) is 26.5. The highest BCUT2D eigenvalue weighted by Gasteiger charge is 2.35. The second-order valence-electron chi connectivity index (χ2n) is 10.7. The van der Waals surface area contributed by atoms with Gasteiger partial charge in [-0.15, -0.1) is 0 Å². The SMILES string of the molecule is CCOC(=O)C1=C(c2ccccc2)N=c2s/c(=C\c3ccc(Sc4nc(C)cc(=O)[nH]4)c([N+](=O)[O-])c3)c(=O)n2[C@@H]1c1ccc(OCC)cc1. The fourth-order valence-electron chi connectivity index (χ4n) is 5.38. The molecule has 248 valence electrons. The van der Waals surface area contributed by atoms with E-state index in [1.54, 1.807) is 56.3 Å². The predicted molar refractivity (Wildman–Crippen MR) is 185 cm³/mol. The number of hydrogen-bond acceptors (Lipinski definition) is 11. The van der Waals surface area contributed by atoms with Crippen LogP contribution in [0.25, 0.3) is 11.8 Å². The van der Waals surface area contributed by atoms with E-state index in [4.69, 9.17) is 14.5 Å². The molecule has 3 heterocycles. The summed E-state index contributed by atoms with van der Waals surface area (Å²) in [6.07, 6.45) is 1.56. The Hall–Kier alpha value is -5.60. The fraction of sp³-hybridized carbons (Fsp3) is 0.171. The van der Waals surface area contributed by atoms with Gasteiger partial charge in [0.1, 0.15) is 5.75 Å². The van der Waals surface area contributed by atoms with Crippen molar-refractivity contribution < 1.29 is 19.2 Å². The average molecular weight is 696 g/mol. The van der Waals surface area contributed by atoms with Gasteiger partial charge < -0.3 is 14.5 Å². The molecule has 6 rings (SSSR count). The van der Waals surface area contributed by atoms with E-state index < -0.39 is 22.5 Å². The number of aromatic nitrogens is 3. The molecule has 0 amide bonds. The van der Waals surface area contributed by atoms with Crippen LogP contribution in [0.15, 0.2) is 109 Å². The predicted octanol–water partition coefficient (Wildman–Crippen LogP) is 4.79. The first-order valence-electron chi connectivity index (χ1n) is 15.2. The molecular formula is C35H29N5O7S2. The highest BCUT2D eigenvalue weighted by molar-refractivity contribution is 7.99. The number of nitro groups is 1. The van der Waals surface area contributed by atoms with Crippen molar-refractivity contribution in [3.05, 3.63) is 147 Å². The molecule has 0 radical (unpaired) electrons. The van der Waals surface area contributed by atoms with E-state index in [0.717, 1.165) is 23.1 Å². The lowest BCUT2D eigenvalue weighted by Crippen LogP contribution is -2.40. The lowest BCUT2D eigenvalue weighted by molar-refractivity contribution is -0.387. The first-order valence-corrected chi connectivity index (χ1v) is 16.9. The first kappa shape index (κ1) is 33.3. The van der Waals surface area contributed by atoms with E-state index in [2.05, 4.69) is 9.97 Å². The standard InChI is InChI=1S/C35H29N5O7S2/c1-4-46-24-14-12-23(13-15-24)31-29(33(43)47-5-2)30(22-9-7-6-8-10-22)38-35-39(31)32(42)27(49-35)19-21-11-16-26(25(18-21)40(44)45)48-34-36-20(3)17-28(41)37-34/h6-19,31H,4-5H2,1-3H3,(H,36,37,41)/b27-19-/t31-/m1/s1. The summed E-state index contributed by atoms with van der Waals surface area (Å²) in [6, 6.07) is 21.3. The number of nitrogens with one attached hydrogen (secondary N) is 1. The van der Waals surface area contributed by atoms with Gasteiger partial charge in [-0.2, -0.15) is 0 Å². The van der Waals surface area contributed by atoms with Gasteiger partial charge in [-0.1, -0.05) is 59.9 Å². The Morgan fingerprint density at radius 2 is 1.82 bits per heavy atom. The molecule has 1 aliphatic rings. The zero-order valence-corrected chi connectivity index (χ0v) is 28.2. The number of carbonyl (C=O) groups is 1. The topological polar surface area (TPSA) is 159 Å². The number of fused-ring (bicyclic) bond motifs is 1. The number of esters is 1. The lowest BCUT2D eigenvalue weighted by atomic mass is 9.93. The fourth-order valence-corrected chi connectivity index (χ4v) is 7.30. The molecule has 5 aromatic rings. The Bertz CT molecular complexity index is 2350. The van der Waals surface area contributed by atoms with Crippen LogP contribution in [0.5, 0.6) is 5.75 Å². The number of aromatic amines is 1. The van der Waals surface area contributed by atoms with Gasteiger partial charge in [0.2, 0.25) is 0 Å². The number of thiazole rings is 1. The van der Waals surface area contributed by atoms with E-state index >= 15 is 0 Å². The Balaban J connectivity index is 1.52. The minimum absolute atomic E-state index is 0.119. The smallest absolute Gasteiger partial charge is 0.338 e. The molecule has 0 saturated carbocycles. The van der Waals surface area contributed by atoms with E-state index in [1.165, 1.54) is 16.7 Å². The highest BCUT2D eigenvalue weighted by atomic mass is 32.2. The van der Waals surface area contributed by atoms with Gasteiger partial charge in [0.15, 0.2) is 9.96 Å². The van der Waals surface area contributed by atoms with Crippen molar-refractivity contribution in [1.82, 2.24) is 14.5 Å². The molecule has 0 bridgehead atoms. The van der Waals surface area contributed by atoms with Crippen LogP contribution in [0.4, 0.5) is 5.69 Å². The van der Waals surface area contributed by atoms with Crippen molar-refractivity contribution in [3.63, 3.8) is 0 Å². The quantitative estimate of drug-likeness (QED) is 0.0939. The maximum atomic E-state index is 14.2. The van der Waals surface area contributed by atoms with Crippen LogP contribution < -0.4 is 25.2 Å². The largest absolute Gasteiger partial charge is 0.494 e. The zero-order chi connectivity index (χ0) is 34.7. The minimum Gasteiger partial charge on any atom is -0.494 e. The number of nitrogens with zero attached hydrogens (tertiary/aromatic N) is 4. The summed E-state index contributed by atoms with van der Waals surface area (Å²) >= 11 is 2.07. The molecule has 2 aromatic heterocycles. The first-order chi connectivity index (χ1) is 23.7. The average Bonchev–Trinajstić information content (AvgIpc) is 3.39. The van der Waals surface area contributed by atoms with Gasteiger partial charge in [0, 0.05) is 23.4 Å². The summed E-state index contributed by atoms with van der Waals surface area (Å²) < 4.78 is 12.9. The summed E-state index contributed by atoms with van der Waals surface area (Å²) in [5, 5.41) is 12.3. The number of ether oxygens (including phenoxy) is 2. The van der Waals surface area contributed by atoms with Crippen molar-refractivity contribution in [2.24, 2.45) is 4.99 Å². The normalized spacial score (nSPS) is 14.3. The molecule has 0 fully saturated rings. The van der Waals surface area contributed by atoms with Crippen LogP contribution in [0.1, 0.15) is 42.3 Å². The Labute approximate surface area is 287 Å². The van der Waals surface area contributed by atoms with Crippen LogP contribution in [0.3, 0.4) is 0 Å². The molecule has 0 spiro atoms. The third-order valence-corrected chi connectivity index (χ3v) is 9.35. The summed E-state index contributed by atoms with van der Waals surface area (Å²) in [5.41, 5.74) is 1.76. The van der Waals surface area contributed by atoms with Crippen LogP contribution in [0, 0.1) is 17.0 Å². The summed E-state index contributed by atoms with van der Waals surface area (Å²) in [4.78, 5) is 63.7. The van der Waals surface area contributed by atoms with E-state index in [-0.39, 0.29) is 38.0 Å². The Kier molecular flexibility index (Phi) is 9.69. The number of benzene rings is 3. The molecule has 14 heteroatoms. The molecule has 3 aromatic carbocycles. The molecule has 0 unspecified atom stereocenters. The minimum atomic E-state index is -0.888. The molecule has 0 aliphatic carbocycles. The van der Waals surface area contributed by atoms with Crippen molar-refractivity contribution in [2.45, 2.75) is 36.9 Å². The van der Waals surface area contributed by atoms with E-state index in [0.29, 0.717) is 45.2 Å². The van der Waals surface area contributed by atoms with Crippen molar-refractivity contribution >= 4 is 46.5 Å². The summed E-state index contributed by atoms with van der Waals surface area (Å²) in [5.74, 6) is 0.0303. The molecule has 1 N–H and O–H groups in total. The summed E-state index contributed by atoms with van der Waals surface area (Å²) in [7, 11) is 0. The number of rotatable bonds is 10. The number of H-pyrrole nitrogens is 1. The van der Waals surface area contributed by atoms with E-state index in [9.17, 15) is 24.5 Å². The van der Waals surface area contributed by atoms with Crippen molar-refractivity contribution in [3.8, 4) is 5.75 Å². The van der Waals surface area contributed by atoms with Crippen LogP contribution in [0.2, 0.25) is 0 Å². The molecule has 1 aliphatic heterocycles. The van der Waals surface area contributed by atoms with Gasteiger partial charge in [-0.05, 0) is 67.9 Å². The Morgan fingerprint density at radius 3 is 2.49 bits per heavy atom. The third-order valence-electron chi connectivity index (χ3n) is 7.41.